The SMILES string of the molecule is Cc1ncccc1N[C@H]1CCC[C@@H]1C. The number of nitrogens with one attached hydrogen (secondary N) is 1. The molecule has 1 aromatic heterocycles. The Morgan fingerprint density at radius 3 is 2.93 bits per heavy atom. The molecule has 2 nitrogen and oxygen atoms in total. The van der Waals surface area contributed by atoms with Crippen LogP contribution in [0.1, 0.15) is 31.9 Å². The number of aromatic nitrogens is 1. The first-order valence-corrected chi connectivity index (χ1v) is 5.45. The number of anilines is 1. The van der Waals surface area contributed by atoms with Crippen molar-refractivity contribution in [2.24, 2.45) is 5.92 Å². The van der Waals surface area contributed by atoms with Crippen molar-refractivity contribution in [2.75, 3.05) is 5.32 Å². The van der Waals surface area contributed by atoms with E-state index in [-0.39, 0.29) is 0 Å². The van der Waals surface area contributed by atoms with E-state index in [1.165, 1.54) is 24.9 Å². The molecule has 0 aromatic carbocycles. The number of hydrogen-bond donors (Lipinski definition) is 1. The first-order valence-electron chi connectivity index (χ1n) is 5.45. The number of aryl methyl sites for hydroxylation is 1. The van der Waals surface area contributed by atoms with E-state index in [9.17, 15) is 0 Å². The van der Waals surface area contributed by atoms with Crippen molar-refractivity contribution < 1.29 is 0 Å². The van der Waals surface area contributed by atoms with Crippen molar-refractivity contribution in [2.45, 2.75) is 39.2 Å². The summed E-state index contributed by atoms with van der Waals surface area (Å²) >= 11 is 0. The lowest BCUT2D eigenvalue weighted by Crippen LogP contribution is -2.22. The number of pyridine rings is 1. The van der Waals surface area contributed by atoms with Gasteiger partial charge in [-0.2, -0.15) is 0 Å². The zero-order valence-electron chi connectivity index (χ0n) is 8.96. The average Bonchev–Trinajstić information content (AvgIpc) is 2.56. The Morgan fingerprint density at radius 2 is 2.29 bits per heavy atom. The summed E-state index contributed by atoms with van der Waals surface area (Å²) in [6, 6.07) is 4.76. The monoisotopic (exact) mass is 190 g/mol. The van der Waals surface area contributed by atoms with E-state index in [0.717, 1.165) is 11.6 Å². The Morgan fingerprint density at radius 1 is 1.43 bits per heavy atom. The molecule has 0 radical (unpaired) electrons. The van der Waals surface area contributed by atoms with Crippen LogP contribution in [0.25, 0.3) is 0 Å². The quantitative estimate of drug-likeness (QED) is 0.775. The first kappa shape index (κ1) is 9.50. The van der Waals surface area contributed by atoms with E-state index < -0.39 is 0 Å². The van der Waals surface area contributed by atoms with Gasteiger partial charge in [0.2, 0.25) is 0 Å². The van der Waals surface area contributed by atoms with Gasteiger partial charge in [-0.05, 0) is 37.8 Å². The van der Waals surface area contributed by atoms with Crippen molar-refractivity contribution in [3.63, 3.8) is 0 Å². The molecular formula is C12H18N2. The summed E-state index contributed by atoms with van der Waals surface area (Å²) in [6.07, 6.45) is 5.86. The summed E-state index contributed by atoms with van der Waals surface area (Å²) in [5, 5.41) is 3.60. The molecule has 0 amide bonds. The first-order chi connectivity index (χ1) is 6.77. The minimum Gasteiger partial charge on any atom is -0.381 e. The summed E-state index contributed by atoms with van der Waals surface area (Å²) in [7, 11) is 0. The van der Waals surface area contributed by atoms with Gasteiger partial charge in [0, 0.05) is 12.2 Å². The molecule has 76 valence electrons. The molecule has 1 N–H and O–H groups in total. The normalized spacial score (nSPS) is 26.4. The highest BCUT2D eigenvalue weighted by Gasteiger charge is 2.23. The van der Waals surface area contributed by atoms with E-state index in [4.69, 9.17) is 0 Å². The van der Waals surface area contributed by atoms with Gasteiger partial charge in [0.25, 0.3) is 0 Å². The molecule has 0 aliphatic heterocycles. The zero-order valence-corrected chi connectivity index (χ0v) is 8.96. The second-order valence-corrected chi connectivity index (χ2v) is 4.30. The standard InChI is InChI=1S/C12H18N2/c1-9-5-3-6-11(9)14-12-7-4-8-13-10(12)2/h4,7-9,11,14H,3,5-6H2,1-2H3/t9-,11-/m0/s1. The Hall–Kier alpha value is -1.05. The van der Waals surface area contributed by atoms with Crippen LogP contribution < -0.4 is 5.32 Å². The summed E-state index contributed by atoms with van der Waals surface area (Å²) in [4.78, 5) is 4.28. The Balaban J connectivity index is 2.07. The predicted molar refractivity (Wildman–Crippen MR) is 59.4 cm³/mol. The molecule has 0 spiro atoms. The van der Waals surface area contributed by atoms with Crippen molar-refractivity contribution in [3.05, 3.63) is 24.0 Å². The smallest absolute Gasteiger partial charge is 0.0603 e. The lowest BCUT2D eigenvalue weighted by atomic mass is 10.1. The van der Waals surface area contributed by atoms with Gasteiger partial charge in [-0.3, -0.25) is 4.98 Å². The molecular weight excluding hydrogens is 172 g/mol. The van der Waals surface area contributed by atoms with Crippen LogP contribution in [0, 0.1) is 12.8 Å². The van der Waals surface area contributed by atoms with Gasteiger partial charge >= 0.3 is 0 Å². The van der Waals surface area contributed by atoms with E-state index >= 15 is 0 Å². The third-order valence-corrected chi connectivity index (χ3v) is 3.21. The maximum absolute atomic E-state index is 4.28. The van der Waals surface area contributed by atoms with Gasteiger partial charge in [0.15, 0.2) is 0 Å². The molecule has 0 bridgehead atoms. The average molecular weight is 190 g/mol. The number of hydrogen-bond acceptors (Lipinski definition) is 2. The zero-order chi connectivity index (χ0) is 9.97. The van der Waals surface area contributed by atoms with Crippen LogP contribution in [-0.4, -0.2) is 11.0 Å². The highest BCUT2D eigenvalue weighted by atomic mass is 14.9. The molecule has 14 heavy (non-hydrogen) atoms. The fourth-order valence-corrected chi connectivity index (χ4v) is 2.20. The van der Waals surface area contributed by atoms with E-state index in [2.05, 4.69) is 30.2 Å². The molecule has 0 saturated heterocycles. The minimum atomic E-state index is 0.651. The second kappa shape index (κ2) is 3.99. The third-order valence-electron chi connectivity index (χ3n) is 3.21. The maximum atomic E-state index is 4.28. The van der Waals surface area contributed by atoms with Crippen LogP contribution in [0.3, 0.4) is 0 Å². The van der Waals surface area contributed by atoms with Crippen molar-refractivity contribution in [3.8, 4) is 0 Å². The lowest BCUT2D eigenvalue weighted by molar-refractivity contribution is 0.556. The molecule has 1 fully saturated rings. The molecule has 1 heterocycles. The molecule has 1 aromatic rings. The van der Waals surface area contributed by atoms with E-state index in [0.29, 0.717) is 6.04 Å². The van der Waals surface area contributed by atoms with Crippen molar-refractivity contribution in [1.82, 2.24) is 4.98 Å². The lowest BCUT2D eigenvalue weighted by Gasteiger charge is -2.19. The summed E-state index contributed by atoms with van der Waals surface area (Å²) < 4.78 is 0. The van der Waals surface area contributed by atoms with Crippen molar-refractivity contribution in [1.29, 1.82) is 0 Å². The molecule has 1 saturated carbocycles. The van der Waals surface area contributed by atoms with Gasteiger partial charge in [-0.1, -0.05) is 13.3 Å². The summed E-state index contributed by atoms with van der Waals surface area (Å²) in [6.45, 7) is 4.39. The molecule has 1 aliphatic rings. The minimum absolute atomic E-state index is 0.651. The van der Waals surface area contributed by atoms with E-state index in [1.54, 1.807) is 0 Å². The van der Waals surface area contributed by atoms with Crippen molar-refractivity contribution >= 4 is 5.69 Å². The predicted octanol–water partition coefficient (Wildman–Crippen LogP) is 2.99. The fraction of sp³-hybridized carbons (Fsp3) is 0.583. The third kappa shape index (κ3) is 1.89. The van der Waals surface area contributed by atoms with Crippen LogP contribution in [0.2, 0.25) is 0 Å². The fourth-order valence-electron chi connectivity index (χ4n) is 2.20. The van der Waals surface area contributed by atoms with Crippen LogP contribution in [0.5, 0.6) is 0 Å². The van der Waals surface area contributed by atoms with Gasteiger partial charge in [-0.15, -0.1) is 0 Å². The summed E-state index contributed by atoms with van der Waals surface area (Å²) in [5.41, 5.74) is 2.30. The van der Waals surface area contributed by atoms with Crippen LogP contribution >= 0.6 is 0 Å². The van der Waals surface area contributed by atoms with Crippen LogP contribution in [0.15, 0.2) is 18.3 Å². The number of nitrogens with zero attached hydrogens (tertiary/aromatic N) is 1. The van der Waals surface area contributed by atoms with Gasteiger partial charge < -0.3 is 5.32 Å². The molecule has 2 heteroatoms. The Labute approximate surface area is 85.7 Å². The largest absolute Gasteiger partial charge is 0.381 e. The highest BCUT2D eigenvalue weighted by molar-refractivity contribution is 5.47. The van der Waals surface area contributed by atoms with Crippen LogP contribution in [0.4, 0.5) is 5.69 Å². The van der Waals surface area contributed by atoms with Gasteiger partial charge in [0.05, 0.1) is 11.4 Å². The molecule has 0 unspecified atom stereocenters. The highest BCUT2D eigenvalue weighted by Crippen LogP contribution is 2.28. The van der Waals surface area contributed by atoms with Gasteiger partial charge in [-0.25, -0.2) is 0 Å². The van der Waals surface area contributed by atoms with Gasteiger partial charge in [0.1, 0.15) is 0 Å². The Bertz CT molecular complexity index is 309. The summed E-state index contributed by atoms with van der Waals surface area (Å²) in [5.74, 6) is 0.801. The van der Waals surface area contributed by atoms with Crippen LogP contribution in [-0.2, 0) is 0 Å². The Kier molecular flexibility index (Phi) is 2.71. The second-order valence-electron chi connectivity index (χ2n) is 4.30. The van der Waals surface area contributed by atoms with E-state index in [1.807, 2.05) is 12.3 Å². The molecule has 2 atom stereocenters. The topological polar surface area (TPSA) is 24.9 Å². The molecule has 2 rings (SSSR count). The maximum Gasteiger partial charge on any atom is 0.0603 e. The number of rotatable bonds is 2. The molecule has 1 aliphatic carbocycles.